The number of anilines is 1. The van der Waals surface area contributed by atoms with Crippen LogP contribution in [0.15, 0.2) is 61.1 Å². The van der Waals surface area contributed by atoms with Crippen LogP contribution >= 0.6 is 11.6 Å². The lowest BCUT2D eigenvalue weighted by atomic mass is 10.0. The summed E-state index contributed by atoms with van der Waals surface area (Å²) in [5, 5.41) is 1.24. The third-order valence-electron chi connectivity index (χ3n) is 5.94. The van der Waals surface area contributed by atoms with E-state index in [1.165, 1.54) is 12.0 Å². The molecule has 0 radical (unpaired) electrons. The Labute approximate surface area is 212 Å². The molecule has 4 heterocycles. The largest absolute Gasteiger partial charge is 0.375 e. The molecule has 0 unspecified atom stereocenters. The molecule has 1 aliphatic rings. The van der Waals surface area contributed by atoms with Crippen molar-refractivity contribution in [2.75, 3.05) is 38.3 Å². The SMILES string of the molecule is COCC(=O)N1CCN(c2cccc(-c3cnc4[nH]cc(C#Cc5ccccn5)c4c3Cl)c2)C(=O)C1. The number of rotatable bonds is 4. The molecule has 36 heavy (non-hydrogen) atoms. The normalized spacial score (nSPS) is 13.6. The van der Waals surface area contributed by atoms with Crippen molar-refractivity contribution in [3.05, 3.63) is 77.3 Å². The highest BCUT2D eigenvalue weighted by Crippen LogP contribution is 2.36. The molecule has 180 valence electrons. The molecule has 1 aromatic carbocycles. The van der Waals surface area contributed by atoms with Gasteiger partial charge in [0.2, 0.25) is 11.8 Å². The fraction of sp³-hybridized carbons (Fsp3) is 0.185. The standard InChI is InChI=1S/C27H22ClN5O3/c1-36-17-24(35)32-11-12-33(23(34)16-32)21-7-4-5-18(13-21)22-15-31-27-25(26(22)28)19(14-30-27)8-9-20-6-2-3-10-29-20/h2-7,10,13-15H,11-12,16-17H2,1H3,(H,30,31). The Balaban J connectivity index is 1.44. The topological polar surface area (TPSA) is 91.4 Å². The van der Waals surface area contributed by atoms with Crippen molar-refractivity contribution in [1.82, 2.24) is 19.9 Å². The summed E-state index contributed by atoms with van der Waals surface area (Å²) in [5.41, 5.74) is 4.30. The maximum Gasteiger partial charge on any atom is 0.249 e. The molecule has 3 aromatic heterocycles. The van der Waals surface area contributed by atoms with Gasteiger partial charge in [-0.25, -0.2) is 9.97 Å². The number of halogens is 1. The highest BCUT2D eigenvalue weighted by Gasteiger charge is 2.28. The van der Waals surface area contributed by atoms with Crippen molar-refractivity contribution >= 4 is 40.1 Å². The molecule has 1 N–H and O–H groups in total. The molecule has 1 fully saturated rings. The number of benzene rings is 1. The van der Waals surface area contributed by atoms with Gasteiger partial charge in [-0.1, -0.05) is 35.7 Å². The lowest BCUT2D eigenvalue weighted by molar-refractivity contribution is -0.139. The van der Waals surface area contributed by atoms with Gasteiger partial charge in [-0.3, -0.25) is 9.59 Å². The minimum atomic E-state index is -0.195. The monoisotopic (exact) mass is 499 g/mol. The number of H-pyrrole nitrogens is 1. The first kappa shape index (κ1) is 23.5. The first-order valence-electron chi connectivity index (χ1n) is 11.3. The van der Waals surface area contributed by atoms with Crippen LogP contribution in [0.3, 0.4) is 0 Å². The van der Waals surface area contributed by atoms with Gasteiger partial charge in [0, 0.05) is 50.0 Å². The molecule has 0 aliphatic carbocycles. The van der Waals surface area contributed by atoms with Crippen LogP contribution in [0.2, 0.25) is 5.02 Å². The van der Waals surface area contributed by atoms with Gasteiger partial charge in [0.1, 0.15) is 24.5 Å². The number of ether oxygens (including phenoxy) is 1. The predicted octanol–water partition coefficient (Wildman–Crippen LogP) is 3.50. The molecule has 5 rings (SSSR count). The summed E-state index contributed by atoms with van der Waals surface area (Å²) in [6.07, 6.45) is 5.18. The van der Waals surface area contributed by atoms with E-state index < -0.39 is 0 Å². The molecule has 4 aromatic rings. The zero-order valence-corrected chi connectivity index (χ0v) is 20.2. The van der Waals surface area contributed by atoms with E-state index in [2.05, 4.69) is 26.8 Å². The van der Waals surface area contributed by atoms with Crippen molar-refractivity contribution in [1.29, 1.82) is 0 Å². The Hall–Kier alpha value is -4.19. The summed E-state index contributed by atoms with van der Waals surface area (Å²) >= 11 is 6.87. The molecular weight excluding hydrogens is 478 g/mol. The number of carbonyl (C=O) groups is 2. The lowest BCUT2D eigenvalue weighted by Gasteiger charge is -2.34. The minimum absolute atomic E-state index is 0.0162. The van der Waals surface area contributed by atoms with E-state index >= 15 is 0 Å². The van der Waals surface area contributed by atoms with Crippen molar-refractivity contribution in [2.45, 2.75) is 0 Å². The van der Waals surface area contributed by atoms with E-state index in [1.54, 1.807) is 23.5 Å². The van der Waals surface area contributed by atoms with E-state index in [4.69, 9.17) is 16.3 Å². The maximum atomic E-state index is 12.8. The quantitative estimate of drug-likeness (QED) is 0.434. The second kappa shape index (κ2) is 10.2. The molecule has 0 atom stereocenters. The van der Waals surface area contributed by atoms with E-state index in [-0.39, 0.29) is 25.0 Å². The minimum Gasteiger partial charge on any atom is -0.375 e. The van der Waals surface area contributed by atoms with Gasteiger partial charge < -0.3 is 19.5 Å². The molecule has 1 aliphatic heterocycles. The number of methoxy groups -OCH3 is 1. The summed E-state index contributed by atoms with van der Waals surface area (Å²) in [6.45, 7) is 0.814. The average Bonchev–Trinajstić information content (AvgIpc) is 3.32. The lowest BCUT2D eigenvalue weighted by Crippen LogP contribution is -2.53. The van der Waals surface area contributed by atoms with Crippen LogP contribution in [0.5, 0.6) is 0 Å². The smallest absolute Gasteiger partial charge is 0.249 e. The van der Waals surface area contributed by atoms with Gasteiger partial charge in [-0.15, -0.1) is 0 Å². The molecule has 1 saturated heterocycles. The molecule has 2 amide bonds. The number of hydrogen-bond donors (Lipinski definition) is 1. The third-order valence-corrected chi connectivity index (χ3v) is 6.33. The number of aromatic nitrogens is 3. The Kier molecular flexibility index (Phi) is 6.67. The van der Waals surface area contributed by atoms with Crippen molar-refractivity contribution in [2.24, 2.45) is 0 Å². The fourth-order valence-corrected chi connectivity index (χ4v) is 4.49. The Morgan fingerprint density at radius 1 is 1.17 bits per heavy atom. The highest BCUT2D eigenvalue weighted by atomic mass is 35.5. The van der Waals surface area contributed by atoms with E-state index in [0.29, 0.717) is 29.5 Å². The number of carbonyl (C=O) groups excluding carboxylic acids is 2. The number of hydrogen-bond acceptors (Lipinski definition) is 5. The van der Waals surface area contributed by atoms with Crippen molar-refractivity contribution in [3.63, 3.8) is 0 Å². The van der Waals surface area contributed by atoms with E-state index in [1.807, 2.05) is 42.5 Å². The number of piperazine rings is 1. The summed E-state index contributed by atoms with van der Waals surface area (Å²) in [5.74, 6) is 5.84. The zero-order valence-electron chi connectivity index (χ0n) is 19.5. The first-order chi connectivity index (χ1) is 17.5. The fourth-order valence-electron chi connectivity index (χ4n) is 4.14. The molecule has 0 spiro atoms. The van der Waals surface area contributed by atoms with Crippen LogP contribution in [-0.2, 0) is 14.3 Å². The van der Waals surface area contributed by atoms with Crippen molar-refractivity contribution < 1.29 is 14.3 Å². The average molecular weight is 500 g/mol. The molecule has 8 nitrogen and oxygen atoms in total. The van der Waals surface area contributed by atoms with Crippen LogP contribution in [0.4, 0.5) is 5.69 Å². The Morgan fingerprint density at radius 2 is 2.06 bits per heavy atom. The number of fused-ring (bicyclic) bond motifs is 1. The molecule has 0 saturated carbocycles. The number of nitrogens with zero attached hydrogens (tertiary/aromatic N) is 4. The molecule has 9 heteroatoms. The second-order valence-corrected chi connectivity index (χ2v) is 8.60. The number of nitrogens with one attached hydrogen (secondary N) is 1. The Morgan fingerprint density at radius 3 is 2.83 bits per heavy atom. The van der Waals surface area contributed by atoms with E-state index in [9.17, 15) is 9.59 Å². The summed E-state index contributed by atoms with van der Waals surface area (Å²) in [7, 11) is 1.46. The summed E-state index contributed by atoms with van der Waals surface area (Å²) < 4.78 is 4.90. The van der Waals surface area contributed by atoms with Gasteiger partial charge in [-0.2, -0.15) is 0 Å². The third kappa shape index (κ3) is 4.67. The van der Waals surface area contributed by atoms with Crippen LogP contribution in [0, 0.1) is 11.8 Å². The summed E-state index contributed by atoms with van der Waals surface area (Å²) in [4.78, 5) is 40.0. The van der Waals surface area contributed by atoms with Crippen LogP contribution in [0.1, 0.15) is 11.3 Å². The first-order valence-corrected chi connectivity index (χ1v) is 11.7. The maximum absolute atomic E-state index is 12.8. The van der Waals surface area contributed by atoms with Gasteiger partial charge in [0.05, 0.1) is 16.0 Å². The van der Waals surface area contributed by atoms with Crippen LogP contribution < -0.4 is 4.90 Å². The van der Waals surface area contributed by atoms with Gasteiger partial charge in [-0.05, 0) is 35.7 Å². The predicted molar refractivity (Wildman–Crippen MR) is 138 cm³/mol. The van der Waals surface area contributed by atoms with Gasteiger partial charge in [0.25, 0.3) is 0 Å². The number of aromatic amines is 1. The molecule has 0 bridgehead atoms. The van der Waals surface area contributed by atoms with Crippen molar-refractivity contribution in [3.8, 4) is 23.0 Å². The number of amides is 2. The second-order valence-electron chi connectivity index (χ2n) is 8.22. The highest BCUT2D eigenvalue weighted by molar-refractivity contribution is 6.38. The Bertz CT molecular complexity index is 1510. The zero-order chi connectivity index (χ0) is 25.1. The van der Waals surface area contributed by atoms with Crippen LogP contribution in [0.25, 0.3) is 22.2 Å². The van der Waals surface area contributed by atoms with Crippen LogP contribution in [-0.4, -0.2) is 65.0 Å². The van der Waals surface area contributed by atoms with Gasteiger partial charge in [0.15, 0.2) is 0 Å². The van der Waals surface area contributed by atoms with E-state index in [0.717, 1.165) is 27.8 Å². The van der Waals surface area contributed by atoms with Gasteiger partial charge >= 0.3 is 0 Å². The molecular formula is C27H22ClN5O3. The summed E-state index contributed by atoms with van der Waals surface area (Å²) in [6, 6.07) is 13.1. The number of pyridine rings is 2.